The molecule has 0 bridgehead atoms. The summed E-state index contributed by atoms with van der Waals surface area (Å²) in [6.45, 7) is 1.87. The lowest BCUT2D eigenvalue weighted by atomic mass is 10.1. The third-order valence-corrected chi connectivity index (χ3v) is 3.37. The maximum Gasteiger partial charge on any atom is 0.306 e. The second-order valence-electron chi connectivity index (χ2n) is 4.54. The predicted molar refractivity (Wildman–Crippen MR) is 65.4 cm³/mol. The number of esters is 1. The molecular weight excluding hydrogens is 254 g/mol. The first-order valence-electron chi connectivity index (χ1n) is 6.18. The molecule has 2 unspecified atom stereocenters. The Bertz CT molecular complexity index is 456. The number of ether oxygens (including phenoxy) is 2. The molecule has 1 aliphatic rings. The van der Waals surface area contributed by atoms with Gasteiger partial charge in [-0.15, -0.1) is 0 Å². The van der Waals surface area contributed by atoms with Crippen molar-refractivity contribution in [3.63, 3.8) is 0 Å². The average molecular weight is 270 g/mol. The molecular formula is C14H16F2O3. The normalized spacial score (nSPS) is 23.8. The van der Waals surface area contributed by atoms with Gasteiger partial charge in [-0.1, -0.05) is 12.1 Å². The average Bonchev–Trinajstić information content (AvgIpc) is 2.91. The lowest BCUT2D eigenvalue weighted by molar-refractivity contribution is -0.144. The summed E-state index contributed by atoms with van der Waals surface area (Å²) in [5.41, 5.74) is 0.528. The number of carbonyl (C=O) groups excluding carboxylic acids is 1. The number of halogens is 2. The zero-order chi connectivity index (χ0) is 14.0. The van der Waals surface area contributed by atoms with Gasteiger partial charge in [-0.25, -0.2) is 8.78 Å². The first-order valence-corrected chi connectivity index (χ1v) is 6.18. The highest BCUT2D eigenvalue weighted by atomic mass is 19.3. The third kappa shape index (κ3) is 2.69. The fourth-order valence-corrected chi connectivity index (χ4v) is 2.31. The minimum Gasteiger partial charge on any atom is -0.497 e. The first-order chi connectivity index (χ1) is 9.00. The smallest absolute Gasteiger partial charge is 0.306 e. The van der Waals surface area contributed by atoms with E-state index in [1.54, 1.807) is 31.2 Å². The van der Waals surface area contributed by atoms with E-state index in [2.05, 4.69) is 0 Å². The molecule has 0 heterocycles. The Morgan fingerprint density at radius 2 is 1.95 bits per heavy atom. The molecule has 0 spiro atoms. The van der Waals surface area contributed by atoms with E-state index in [0.29, 0.717) is 11.3 Å². The topological polar surface area (TPSA) is 35.5 Å². The van der Waals surface area contributed by atoms with Crippen LogP contribution in [0.5, 0.6) is 5.75 Å². The van der Waals surface area contributed by atoms with Crippen molar-refractivity contribution < 1.29 is 23.0 Å². The van der Waals surface area contributed by atoms with E-state index in [0.717, 1.165) is 0 Å². The molecule has 0 aromatic heterocycles. The molecule has 104 valence electrons. The van der Waals surface area contributed by atoms with Crippen molar-refractivity contribution >= 4 is 5.97 Å². The second-order valence-corrected chi connectivity index (χ2v) is 4.54. The molecule has 1 saturated carbocycles. The fraction of sp³-hybridized carbons (Fsp3) is 0.500. The van der Waals surface area contributed by atoms with Crippen LogP contribution < -0.4 is 4.74 Å². The molecule has 3 nitrogen and oxygen atoms in total. The van der Waals surface area contributed by atoms with Crippen LogP contribution in [0.15, 0.2) is 24.3 Å². The van der Waals surface area contributed by atoms with E-state index < -0.39 is 23.7 Å². The number of hydrogen-bond donors (Lipinski definition) is 0. The molecule has 0 saturated heterocycles. The molecule has 0 aliphatic heterocycles. The largest absolute Gasteiger partial charge is 0.497 e. The Morgan fingerprint density at radius 1 is 1.32 bits per heavy atom. The van der Waals surface area contributed by atoms with Gasteiger partial charge in [0.1, 0.15) is 5.75 Å². The Hall–Kier alpha value is -1.65. The van der Waals surface area contributed by atoms with Crippen molar-refractivity contribution in [2.24, 2.45) is 5.92 Å². The highest BCUT2D eigenvalue weighted by molar-refractivity contribution is 5.71. The van der Waals surface area contributed by atoms with E-state index in [1.165, 1.54) is 7.11 Å². The van der Waals surface area contributed by atoms with Crippen LogP contribution in [0.4, 0.5) is 8.78 Å². The Morgan fingerprint density at radius 3 is 2.47 bits per heavy atom. The van der Waals surface area contributed by atoms with Crippen LogP contribution in [0.3, 0.4) is 0 Å². The highest BCUT2D eigenvalue weighted by Crippen LogP contribution is 2.63. The summed E-state index contributed by atoms with van der Waals surface area (Å²) < 4.78 is 37.1. The lowest BCUT2D eigenvalue weighted by Gasteiger charge is -2.02. The molecule has 0 radical (unpaired) electrons. The van der Waals surface area contributed by atoms with Gasteiger partial charge in [-0.2, -0.15) is 0 Å². The standard InChI is InChI=1S/C14H16F2O3/c1-3-19-12(17)8-11-13(14(11,15)16)9-4-6-10(18-2)7-5-9/h4-7,11,13H,3,8H2,1-2H3. The van der Waals surface area contributed by atoms with E-state index >= 15 is 0 Å². The Labute approximate surface area is 110 Å². The minimum atomic E-state index is -2.83. The van der Waals surface area contributed by atoms with Crippen molar-refractivity contribution in [3.05, 3.63) is 29.8 Å². The maximum atomic E-state index is 13.7. The summed E-state index contributed by atoms with van der Waals surface area (Å²) in [6, 6.07) is 6.52. The number of hydrogen-bond acceptors (Lipinski definition) is 3. The van der Waals surface area contributed by atoms with Gasteiger partial charge in [0, 0.05) is 5.92 Å². The van der Waals surface area contributed by atoms with Crippen molar-refractivity contribution in [1.29, 1.82) is 0 Å². The zero-order valence-corrected chi connectivity index (χ0v) is 10.9. The number of rotatable bonds is 5. The molecule has 1 fully saturated rings. The molecule has 0 amide bonds. The van der Waals surface area contributed by atoms with Crippen molar-refractivity contribution in [1.82, 2.24) is 0 Å². The summed E-state index contributed by atoms with van der Waals surface area (Å²) in [4.78, 5) is 11.3. The Balaban J connectivity index is 2.06. The summed E-state index contributed by atoms with van der Waals surface area (Å²) in [7, 11) is 1.52. The first kappa shape index (κ1) is 13.8. The molecule has 2 atom stereocenters. The number of methoxy groups -OCH3 is 1. The number of alkyl halides is 2. The van der Waals surface area contributed by atoms with Gasteiger partial charge in [-0.05, 0) is 24.6 Å². The maximum absolute atomic E-state index is 13.7. The van der Waals surface area contributed by atoms with Gasteiger partial charge in [0.2, 0.25) is 0 Å². The summed E-state index contributed by atoms with van der Waals surface area (Å²) in [5, 5.41) is 0. The van der Waals surface area contributed by atoms with Gasteiger partial charge < -0.3 is 9.47 Å². The molecule has 19 heavy (non-hydrogen) atoms. The SMILES string of the molecule is CCOC(=O)CC1C(c2ccc(OC)cc2)C1(F)F. The summed E-state index contributed by atoms with van der Waals surface area (Å²) in [5.74, 6) is -4.64. The fourth-order valence-electron chi connectivity index (χ4n) is 2.31. The highest BCUT2D eigenvalue weighted by Gasteiger charge is 2.68. The van der Waals surface area contributed by atoms with Gasteiger partial charge in [0.05, 0.1) is 26.1 Å². The van der Waals surface area contributed by atoms with E-state index in [9.17, 15) is 13.6 Å². The molecule has 0 N–H and O–H groups in total. The third-order valence-electron chi connectivity index (χ3n) is 3.37. The van der Waals surface area contributed by atoms with E-state index in [4.69, 9.17) is 9.47 Å². The van der Waals surface area contributed by atoms with E-state index in [1.807, 2.05) is 0 Å². The van der Waals surface area contributed by atoms with Gasteiger partial charge in [0.25, 0.3) is 5.92 Å². The van der Waals surface area contributed by atoms with E-state index in [-0.39, 0.29) is 13.0 Å². The molecule has 1 aliphatic carbocycles. The second kappa shape index (κ2) is 5.15. The zero-order valence-electron chi connectivity index (χ0n) is 10.9. The molecule has 5 heteroatoms. The molecule has 1 aromatic rings. The van der Waals surface area contributed by atoms with Gasteiger partial charge in [-0.3, -0.25) is 4.79 Å². The summed E-state index contributed by atoms with van der Waals surface area (Å²) in [6.07, 6.45) is -0.239. The van der Waals surface area contributed by atoms with Gasteiger partial charge >= 0.3 is 5.97 Å². The lowest BCUT2D eigenvalue weighted by Crippen LogP contribution is -2.07. The Kier molecular flexibility index (Phi) is 3.73. The number of carbonyl (C=O) groups is 1. The van der Waals surface area contributed by atoms with Crippen molar-refractivity contribution in [3.8, 4) is 5.75 Å². The van der Waals surface area contributed by atoms with Crippen LogP contribution in [0.2, 0.25) is 0 Å². The summed E-state index contributed by atoms with van der Waals surface area (Å²) >= 11 is 0. The monoisotopic (exact) mass is 270 g/mol. The van der Waals surface area contributed by atoms with Gasteiger partial charge in [0.15, 0.2) is 0 Å². The van der Waals surface area contributed by atoms with Crippen LogP contribution in [0.1, 0.15) is 24.8 Å². The molecule has 1 aromatic carbocycles. The molecule has 2 rings (SSSR count). The van der Waals surface area contributed by atoms with Crippen LogP contribution in [-0.4, -0.2) is 25.6 Å². The van der Waals surface area contributed by atoms with Crippen molar-refractivity contribution in [2.75, 3.05) is 13.7 Å². The predicted octanol–water partition coefficient (Wildman–Crippen LogP) is 3.00. The van der Waals surface area contributed by atoms with Crippen LogP contribution in [-0.2, 0) is 9.53 Å². The van der Waals surface area contributed by atoms with Crippen LogP contribution >= 0.6 is 0 Å². The van der Waals surface area contributed by atoms with Crippen LogP contribution in [0.25, 0.3) is 0 Å². The van der Waals surface area contributed by atoms with Crippen LogP contribution in [0, 0.1) is 5.92 Å². The minimum absolute atomic E-state index is 0.213. The number of benzene rings is 1. The quantitative estimate of drug-likeness (QED) is 0.772. The van der Waals surface area contributed by atoms with Crippen molar-refractivity contribution in [2.45, 2.75) is 25.2 Å².